The first-order chi connectivity index (χ1) is 14.2. The van der Waals surface area contributed by atoms with Crippen molar-refractivity contribution in [1.29, 1.82) is 0 Å². The Morgan fingerprint density at radius 3 is 2.52 bits per heavy atom. The van der Waals surface area contributed by atoms with E-state index in [1.54, 1.807) is 37.3 Å². The largest absolute Gasteiger partial charge is 0.466 e. The van der Waals surface area contributed by atoms with Crippen LogP contribution in [-0.2, 0) is 9.53 Å². The Hall–Kier alpha value is -2.36. The van der Waals surface area contributed by atoms with Gasteiger partial charge in [0.2, 0.25) is 5.96 Å². The molecule has 1 atom stereocenters. The van der Waals surface area contributed by atoms with E-state index in [0.717, 1.165) is 0 Å². The maximum absolute atomic E-state index is 12.6. The zero-order valence-electron chi connectivity index (χ0n) is 16.3. The molecule has 0 bridgehead atoms. The van der Waals surface area contributed by atoms with E-state index in [0.29, 0.717) is 27.5 Å². The molecule has 0 radical (unpaired) electrons. The van der Waals surface area contributed by atoms with Gasteiger partial charge < -0.3 is 15.4 Å². The minimum atomic E-state index is -4.38. The van der Waals surface area contributed by atoms with Gasteiger partial charge in [-0.2, -0.15) is 13.2 Å². The van der Waals surface area contributed by atoms with Gasteiger partial charge in [0.05, 0.1) is 12.7 Å². The number of guanidine groups is 1. The predicted octanol–water partition coefficient (Wildman–Crippen LogP) is 5.93. The monoisotopic (exact) mass is 491 g/mol. The number of aliphatic imine (C=N–C) groups is 1. The number of alkyl halides is 3. The number of halogens is 5. The topological polar surface area (TPSA) is 62.7 Å². The standard InChI is InChI=1S/C20H17ClF3N3O2S.ClH/c1-11-16(18(28)29-2)17(12-6-8-13(21)9-7-12)27-19(25-11)26-14-4-3-5-15(10-14)30-20(22,23)24;/h3-10,17H,1-2H3,(H2,25,26,27);1H. The molecule has 0 amide bonds. The molecule has 0 aromatic heterocycles. The van der Waals surface area contributed by atoms with Crippen LogP contribution in [0.5, 0.6) is 0 Å². The summed E-state index contributed by atoms with van der Waals surface area (Å²) < 4.78 is 42.8. The van der Waals surface area contributed by atoms with Crippen molar-refractivity contribution >= 4 is 53.4 Å². The first-order valence-electron chi connectivity index (χ1n) is 8.68. The average molecular weight is 492 g/mol. The lowest BCUT2D eigenvalue weighted by atomic mass is 9.96. The third kappa shape index (κ3) is 6.56. The Morgan fingerprint density at radius 2 is 1.90 bits per heavy atom. The molecule has 11 heteroatoms. The highest BCUT2D eigenvalue weighted by atomic mass is 35.5. The molecule has 2 aromatic rings. The molecule has 0 aliphatic carbocycles. The summed E-state index contributed by atoms with van der Waals surface area (Å²) in [7, 11) is 1.28. The molecule has 31 heavy (non-hydrogen) atoms. The van der Waals surface area contributed by atoms with Crippen molar-refractivity contribution in [2.24, 2.45) is 4.99 Å². The molecule has 5 nitrogen and oxygen atoms in total. The minimum Gasteiger partial charge on any atom is -0.466 e. The number of carbonyl (C=O) groups is 1. The fourth-order valence-electron chi connectivity index (χ4n) is 2.91. The first kappa shape index (κ1) is 24.9. The second-order valence-corrected chi connectivity index (χ2v) is 7.86. The van der Waals surface area contributed by atoms with Crippen LogP contribution in [0.3, 0.4) is 0 Å². The third-order valence-corrected chi connectivity index (χ3v) is 5.14. The SMILES string of the molecule is COC(=O)C1=C(C)NC(Nc2cccc(SC(F)(F)F)c2)=NC1c1ccc(Cl)cc1.Cl. The van der Waals surface area contributed by atoms with Gasteiger partial charge in [-0.25, -0.2) is 9.79 Å². The Kier molecular flexibility index (Phi) is 8.27. The highest BCUT2D eigenvalue weighted by Gasteiger charge is 2.31. The molecule has 166 valence electrons. The third-order valence-electron chi connectivity index (χ3n) is 4.16. The van der Waals surface area contributed by atoms with Crippen LogP contribution in [0, 0.1) is 0 Å². The lowest BCUT2D eigenvalue weighted by Gasteiger charge is -2.26. The van der Waals surface area contributed by atoms with Crippen molar-refractivity contribution in [2.75, 3.05) is 12.4 Å². The highest BCUT2D eigenvalue weighted by molar-refractivity contribution is 8.00. The van der Waals surface area contributed by atoms with Crippen LogP contribution < -0.4 is 10.6 Å². The highest BCUT2D eigenvalue weighted by Crippen LogP contribution is 2.38. The van der Waals surface area contributed by atoms with E-state index in [1.807, 2.05) is 0 Å². The minimum absolute atomic E-state index is 0. The van der Waals surface area contributed by atoms with Crippen LogP contribution >= 0.6 is 35.8 Å². The van der Waals surface area contributed by atoms with Crippen LogP contribution in [0.25, 0.3) is 0 Å². The van der Waals surface area contributed by atoms with E-state index in [-0.39, 0.29) is 35.0 Å². The second-order valence-electron chi connectivity index (χ2n) is 6.29. The molecule has 1 unspecified atom stereocenters. The number of nitrogens with one attached hydrogen (secondary N) is 2. The molecule has 0 fully saturated rings. The normalized spacial score (nSPS) is 16.1. The number of hydrogen-bond donors (Lipinski definition) is 2. The number of benzene rings is 2. The molecule has 1 aliphatic rings. The van der Waals surface area contributed by atoms with Crippen molar-refractivity contribution in [3.8, 4) is 0 Å². The van der Waals surface area contributed by atoms with E-state index in [9.17, 15) is 18.0 Å². The number of esters is 1. The van der Waals surface area contributed by atoms with Crippen LogP contribution in [0.15, 0.2) is 69.7 Å². The first-order valence-corrected chi connectivity index (χ1v) is 9.88. The molecule has 0 spiro atoms. The Morgan fingerprint density at radius 1 is 1.23 bits per heavy atom. The van der Waals surface area contributed by atoms with Crippen molar-refractivity contribution in [1.82, 2.24) is 5.32 Å². The second kappa shape index (κ2) is 10.3. The number of rotatable bonds is 4. The zero-order valence-corrected chi connectivity index (χ0v) is 18.7. The van der Waals surface area contributed by atoms with Gasteiger partial charge in [-0.3, -0.25) is 0 Å². The molecule has 2 aromatic carbocycles. The number of thioether (sulfide) groups is 1. The van der Waals surface area contributed by atoms with E-state index in [4.69, 9.17) is 16.3 Å². The van der Waals surface area contributed by atoms with Gasteiger partial charge in [0.15, 0.2) is 0 Å². The quantitative estimate of drug-likeness (QED) is 0.409. The zero-order chi connectivity index (χ0) is 21.9. The summed E-state index contributed by atoms with van der Waals surface area (Å²) in [5, 5.41) is 6.48. The fraction of sp³-hybridized carbons (Fsp3) is 0.200. The van der Waals surface area contributed by atoms with E-state index in [2.05, 4.69) is 15.6 Å². The summed E-state index contributed by atoms with van der Waals surface area (Å²) in [6, 6.07) is 12.1. The molecular formula is C20H18Cl2F3N3O2S. The predicted molar refractivity (Wildman–Crippen MR) is 119 cm³/mol. The molecular weight excluding hydrogens is 474 g/mol. The van der Waals surface area contributed by atoms with Gasteiger partial charge in [0.25, 0.3) is 0 Å². The summed E-state index contributed by atoms with van der Waals surface area (Å²) in [6.07, 6.45) is 0. The number of anilines is 1. The van der Waals surface area contributed by atoms with Crippen molar-refractivity contribution in [3.05, 3.63) is 70.4 Å². The number of nitrogens with zero attached hydrogens (tertiary/aromatic N) is 1. The molecule has 1 heterocycles. The Bertz CT molecular complexity index is 1010. The average Bonchev–Trinajstić information content (AvgIpc) is 2.66. The van der Waals surface area contributed by atoms with E-state index >= 15 is 0 Å². The summed E-state index contributed by atoms with van der Waals surface area (Å²) in [5.74, 6) is -0.249. The number of methoxy groups -OCH3 is 1. The lowest BCUT2D eigenvalue weighted by molar-refractivity contribution is -0.136. The van der Waals surface area contributed by atoms with E-state index < -0.39 is 17.5 Å². The molecule has 3 rings (SSSR count). The van der Waals surface area contributed by atoms with E-state index in [1.165, 1.54) is 25.3 Å². The maximum atomic E-state index is 12.6. The molecule has 0 saturated heterocycles. The van der Waals surface area contributed by atoms with Crippen molar-refractivity contribution in [2.45, 2.75) is 23.4 Å². The van der Waals surface area contributed by atoms with Crippen molar-refractivity contribution in [3.63, 3.8) is 0 Å². The van der Waals surface area contributed by atoms with Crippen LogP contribution in [0.2, 0.25) is 5.02 Å². The number of allylic oxidation sites excluding steroid dienone is 1. The molecule has 0 saturated carbocycles. The summed E-state index contributed by atoms with van der Waals surface area (Å²) in [5.41, 5.74) is -2.42. The summed E-state index contributed by atoms with van der Waals surface area (Å²) in [4.78, 5) is 16.9. The summed E-state index contributed by atoms with van der Waals surface area (Å²) in [6.45, 7) is 1.70. The van der Waals surface area contributed by atoms with Crippen LogP contribution in [0.1, 0.15) is 18.5 Å². The Labute approximate surface area is 192 Å². The molecule has 2 N–H and O–H groups in total. The van der Waals surface area contributed by atoms with Gasteiger partial charge in [-0.05, 0) is 54.6 Å². The van der Waals surface area contributed by atoms with Gasteiger partial charge in [-0.15, -0.1) is 12.4 Å². The van der Waals surface area contributed by atoms with Crippen molar-refractivity contribution < 1.29 is 22.7 Å². The number of carbonyl (C=O) groups excluding carboxylic acids is 1. The Balaban J connectivity index is 0.00000341. The smallest absolute Gasteiger partial charge is 0.446 e. The number of ether oxygens (including phenoxy) is 1. The van der Waals surface area contributed by atoms with Gasteiger partial charge in [-0.1, -0.05) is 29.8 Å². The van der Waals surface area contributed by atoms with Gasteiger partial charge in [0, 0.05) is 21.3 Å². The van der Waals surface area contributed by atoms with Gasteiger partial charge >= 0.3 is 11.5 Å². The van der Waals surface area contributed by atoms with Crippen LogP contribution in [0.4, 0.5) is 18.9 Å². The van der Waals surface area contributed by atoms with Crippen LogP contribution in [-0.4, -0.2) is 24.5 Å². The maximum Gasteiger partial charge on any atom is 0.446 e. The fourth-order valence-corrected chi connectivity index (χ4v) is 3.63. The number of hydrogen-bond acceptors (Lipinski definition) is 6. The molecule has 1 aliphatic heterocycles. The van der Waals surface area contributed by atoms with Gasteiger partial charge in [0.1, 0.15) is 6.04 Å². The summed E-state index contributed by atoms with van der Waals surface area (Å²) >= 11 is 5.76. The lowest BCUT2D eigenvalue weighted by Crippen LogP contribution is -2.36.